The lowest BCUT2D eigenvalue weighted by molar-refractivity contribution is 0.321. The van der Waals surface area contributed by atoms with E-state index in [1.807, 2.05) is 0 Å². The fraction of sp³-hybridized carbons (Fsp3) is 0.625. The summed E-state index contributed by atoms with van der Waals surface area (Å²) in [5.74, 6) is 0. The van der Waals surface area contributed by atoms with Gasteiger partial charge in [-0.05, 0) is 52.0 Å². The molecule has 0 amide bonds. The van der Waals surface area contributed by atoms with Crippen LogP contribution in [0.2, 0.25) is 0 Å². The molecule has 1 aromatic rings. The van der Waals surface area contributed by atoms with Gasteiger partial charge in [-0.2, -0.15) is 0 Å². The van der Waals surface area contributed by atoms with Gasteiger partial charge in [-0.1, -0.05) is 43.7 Å². The molecule has 0 heterocycles. The molecule has 1 unspecified atom stereocenters. The van der Waals surface area contributed by atoms with Gasteiger partial charge in [0.2, 0.25) is 0 Å². The maximum absolute atomic E-state index is 3.67. The predicted molar refractivity (Wildman–Crippen MR) is 80.0 cm³/mol. The number of nitrogens with one attached hydrogen (secondary N) is 1. The van der Waals surface area contributed by atoms with E-state index in [1.54, 1.807) is 0 Å². The Balaban J connectivity index is 2.65. The normalized spacial score (nSPS) is 12.9. The Morgan fingerprint density at radius 1 is 1.28 bits per heavy atom. The largest absolute Gasteiger partial charge is 0.310 e. The zero-order valence-corrected chi connectivity index (χ0v) is 12.4. The van der Waals surface area contributed by atoms with Crippen molar-refractivity contribution in [2.75, 3.05) is 26.7 Å². The molecule has 1 aromatic carbocycles. The van der Waals surface area contributed by atoms with Crippen molar-refractivity contribution in [2.24, 2.45) is 0 Å². The molecule has 0 aliphatic carbocycles. The number of rotatable bonds is 8. The molecule has 2 nitrogen and oxygen atoms in total. The SMILES string of the molecule is CCCNC(CCN(C)CC)c1cccc(C)c1. The second kappa shape index (κ2) is 8.28. The summed E-state index contributed by atoms with van der Waals surface area (Å²) in [7, 11) is 2.19. The lowest BCUT2D eigenvalue weighted by atomic mass is 10.0. The minimum absolute atomic E-state index is 0.485. The van der Waals surface area contributed by atoms with E-state index in [0.717, 1.165) is 19.6 Å². The number of hydrogen-bond acceptors (Lipinski definition) is 2. The summed E-state index contributed by atoms with van der Waals surface area (Å²) in [6, 6.07) is 9.36. The third-order valence-corrected chi connectivity index (χ3v) is 3.42. The van der Waals surface area contributed by atoms with Gasteiger partial charge in [-0.3, -0.25) is 0 Å². The molecular weight excluding hydrogens is 220 g/mol. The van der Waals surface area contributed by atoms with E-state index in [-0.39, 0.29) is 0 Å². The molecule has 0 saturated heterocycles. The maximum atomic E-state index is 3.67. The van der Waals surface area contributed by atoms with Crippen LogP contribution in [0.3, 0.4) is 0 Å². The van der Waals surface area contributed by atoms with Crippen molar-refractivity contribution in [1.29, 1.82) is 0 Å². The monoisotopic (exact) mass is 248 g/mol. The van der Waals surface area contributed by atoms with Gasteiger partial charge in [0.1, 0.15) is 0 Å². The van der Waals surface area contributed by atoms with Crippen molar-refractivity contribution in [3.8, 4) is 0 Å². The van der Waals surface area contributed by atoms with E-state index in [9.17, 15) is 0 Å². The first-order chi connectivity index (χ1) is 8.67. The van der Waals surface area contributed by atoms with Gasteiger partial charge < -0.3 is 10.2 Å². The fourth-order valence-electron chi connectivity index (χ4n) is 2.10. The summed E-state index contributed by atoms with van der Waals surface area (Å²) < 4.78 is 0. The van der Waals surface area contributed by atoms with Gasteiger partial charge in [0, 0.05) is 6.04 Å². The Kier molecular flexibility index (Phi) is 6.99. The Morgan fingerprint density at radius 2 is 2.06 bits per heavy atom. The van der Waals surface area contributed by atoms with Crippen molar-refractivity contribution in [3.63, 3.8) is 0 Å². The van der Waals surface area contributed by atoms with Gasteiger partial charge in [-0.15, -0.1) is 0 Å². The lowest BCUT2D eigenvalue weighted by Gasteiger charge is -2.22. The molecule has 0 aliphatic heterocycles. The average molecular weight is 248 g/mol. The van der Waals surface area contributed by atoms with Crippen LogP contribution < -0.4 is 5.32 Å². The molecule has 0 radical (unpaired) electrons. The average Bonchev–Trinajstić information content (AvgIpc) is 2.38. The Hall–Kier alpha value is -0.860. The molecule has 1 rings (SSSR count). The summed E-state index contributed by atoms with van der Waals surface area (Å²) in [6.07, 6.45) is 2.36. The summed E-state index contributed by atoms with van der Waals surface area (Å²) >= 11 is 0. The fourth-order valence-corrected chi connectivity index (χ4v) is 2.10. The Morgan fingerprint density at radius 3 is 2.67 bits per heavy atom. The van der Waals surface area contributed by atoms with E-state index in [1.165, 1.54) is 24.0 Å². The third kappa shape index (κ3) is 5.19. The molecule has 0 aliphatic rings. The van der Waals surface area contributed by atoms with Gasteiger partial charge in [0.25, 0.3) is 0 Å². The zero-order chi connectivity index (χ0) is 13.4. The van der Waals surface area contributed by atoms with Crippen LogP contribution in [0.15, 0.2) is 24.3 Å². The summed E-state index contributed by atoms with van der Waals surface area (Å²) in [5.41, 5.74) is 2.77. The van der Waals surface area contributed by atoms with E-state index >= 15 is 0 Å². The highest BCUT2D eigenvalue weighted by atomic mass is 15.1. The smallest absolute Gasteiger partial charge is 0.0332 e. The molecule has 0 bridgehead atoms. The third-order valence-electron chi connectivity index (χ3n) is 3.42. The molecule has 2 heteroatoms. The van der Waals surface area contributed by atoms with Crippen molar-refractivity contribution in [2.45, 2.75) is 39.7 Å². The minimum atomic E-state index is 0.485. The minimum Gasteiger partial charge on any atom is -0.310 e. The van der Waals surface area contributed by atoms with Gasteiger partial charge >= 0.3 is 0 Å². The van der Waals surface area contributed by atoms with Crippen LogP contribution in [0, 0.1) is 6.92 Å². The highest BCUT2D eigenvalue weighted by Gasteiger charge is 2.11. The summed E-state index contributed by atoms with van der Waals surface area (Å²) in [6.45, 7) is 9.95. The second-order valence-electron chi connectivity index (χ2n) is 5.11. The summed E-state index contributed by atoms with van der Waals surface area (Å²) in [5, 5.41) is 3.67. The van der Waals surface area contributed by atoms with Crippen LogP contribution in [0.1, 0.15) is 43.9 Å². The van der Waals surface area contributed by atoms with Gasteiger partial charge in [-0.25, -0.2) is 0 Å². The molecule has 18 heavy (non-hydrogen) atoms. The number of aryl methyl sites for hydroxylation is 1. The van der Waals surface area contributed by atoms with Crippen LogP contribution in [0.5, 0.6) is 0 Å². The number of benzene rings is 1. The van der Waals surface area contributed by atoms with Crippen molar-refractivity contribution >= 4 is 0 Å². The molecule has 1 atom stereocenters. The lowest BCUT2D eigenvalue weighted by Crippen LogP contribution is -2.27. The first-order valence-electron chi connectivity index (χ1n) is 7.15. The molecule has 1 N–H and O–H groups in total. The highest BCUT2D eigenvalue weighted by Crippen LogP contribution is 2.18. The van der Waals surface area contributed by atoms with Gasteiger partial charge in [0.15, 0.2) is 0 Å². The molecule has 0 aromatic heterocycles. The van der Waals surface area contributed by atoms with E-state index < -0.39 is 0 Å². The van der Waals surface area contributed by atoms with Crippen LogP contribution in [-0.2, 0) is 0 Å². The maximum Gasteiger partial charge on any atom is 0.0332 e. The summed E-state index contributed by atoms with van der Waals surface area (Å²) in [4.78, 5) is 2.37. The number of hydrogen-bond donors (Lipinski definition) is 1. The standard InChI is InChI=1S/C16H28N2/c1-5-11-17-16(10-12-18(4)6-2)15-9-7-8-14(3)13-15/h7-9,13,16-17H,5-6,10-12H2,1-4H3. The Labute approximate surface area is 112 Å². The molecule has 0 fully saturated rings. The Bertz CT molecular complexity index is 336. The highest BCUT2D eigenvalue weighted by molar-refractivity contribution is 5.25. The van der Waals surface area contributed by atoms with Crippen molar-refractivity contribution in [1.82, 2.24) is 10.2 Å². The van der Waals surface area contributed by atoms with Crippen LogP contribution in [0.4, 0.5) is 0 Å². The van der Waals surface area contributed by atoms with Crippen LogP contribution >= 0.6 is 0 Å². The van der Waals surface area contributed by atoms with Crippen molar-refractivity contribution < 1.29 is 0 Å². The predicted octanol–water partition coefficient (Wildman–Crippen LogP) is 3.38. The first kappa shape index (κ1) is 15.2. The van der Waals surface area contributed by atoms with E-state index in [4.69, 9.17) is 0 Å². The van der Waals surface area contributed by atoms with Crippen LogP contribution in [-0.4, -0.2) is 31.6 Å². The molecule has 0 spiro atoms. The van der Waals surface area contributed by atoms with Gasteiger partial charge in [0.05, 0.1) is 0 Å². The molecule has 0 saturated carbocycles. The molecule has 102 valence electrons. The number of nitrogens with zero attached hydrogens (tertiary/aromatic N) is 1. The quantitative estimate of drug-likeness (QED) is 0.759. The second-order valence-corrected chi connectivity index (χ2v) is 5.11. The van der Waals surface area contributed by atoms with E-state index in [0.29, 0.717) is 6.04 Å². The van der Waals surface area contributed by atoms with Crippen molar-refractivity contribution in [3.05, 3.63) is 35.4 Å². The molecular formula is C16H28N2. The van der Waals surface area contributed by atoms with E-state index in [2.05, 4.69) is 62.3 Å². The zero-order valence-electron chi connectivity index (χ0n) is 12.4. The topological polar surface area (TPSA) is 15.3 Å². The first-order valence-corrected chi connectivity index (χ1v) is 7.15. The van der Waals surface area contributed by atoms with Crippen LogP contribution in [0.25, 0.3) is 0 Å².